The minimum Gasteiger partial charge on any atom is -0.487 e. The van der Waals surface area contributed by atoms with Gasteiger partial charge in [-0.25, -0.2) is 9.98 Å². The van der Waals surface area contributed by atoms with E-state index in [1.807, 2.05) is 43.4 Å². The maximum atomic E-state index is 6.14. The summed E-state index contributed by atoms with van der Waals surface area (Å²) in [7, 11) is 3.97. The topological polar surface area (TPSA) is 61.8 Å². The van der Waals surface area contributed by atoms with Crippen LogP contribution in [-0.2, 0) is 6.54 Å². The monoisotopic (exact) mass is 381 g/mol. The molecule has 0 amide bonds. The first-order valence-electron chi connectivity index (χ1n) is 9.83. The first-order chi connectivity index (χ1) is 13.4. The highest BCUT2D eigenvalue weighted by Gasteiger charge is 2.33. The fourth-order valence-corrected chi connectivity index (χ4v) is 3.36. The third-order valence-electron chi connectivity index (χ3n) is 4.72. The Morgan fingerprint density at radius 3 is 2.71 bits per heavy atom. The summed E-state index contributed by atoms with van der Waals surface area (Å²) in [5.41, 5.74) is 2.02. The molecule has 1 aromatic carbocycles. The second kappa shape index (κ2) is 8.50. The summed E-state index contributed by atoms with van der Waals surface area (Å²) < 4.78 is 6.14. The number of anilines is 1. The molecule has 2 aromatic rings. The zero-order chi connectivity index (χ0) is 20.1. The van der Waals surface area contributed by atoms with Crippen LogP contribution in [0.2, 0.25) is 0 Å². The standard InChI is InChI=1S/C22H31N5O/c1-6-23-21(25-15-16-11-12-20(24-14-16)27(4)5)26-18-13-22(2,3)28-19-10-8-7-9-17(18)19/h7-12,14,18H,6,13,15H2,1-5H3,(H2,23,25,26). The molecule has 6 heteroatoms. The van der Waals surface area contributed by atoms with Gasteiger partial charge in [0.2, 0.25) is 0 Å². The van der Waals surface area contributed by atoms with Gasteiger partial charge in [0.1, 0.15) is 17.2 Å². The first kappa shape index (κ1) is 20.0. The normalized spacial score (nSPS) is 18.0. The number of nitrogens with one attached hydrogen (secondary N) is 2. The quantitative estimate of drug-likeness (QED) is 0.613. The molecule has 1 atom stereocenters. The summed E-state index contributed by atoms with van der Waals surface area (Å²) in [6, 6.07) is 12.5. The van der Waals surface area contributed by atoms with Gasteiger partial charge >= 0.3 is 0 Å². The Balaban J connectivity index is 1.76. The predicted octanol–water partition coefficient (Wildman–Crippen LogP) is 3.51. The molecule has 1 unspecified atom stereocenters. The molecule has 3 rings (SSSR count). The van der Waals surface area contributed by atoms with Crippen LogP contribution in [0.3, 0.4) is 0 Å². The summed E-state index contributed by atoms with van der Waals surface area (Å²) in [4.78, 5) is 11.2. The summed E-state index contributed by atoms with van der Waals surface area (Å²) in [6.45, 7) is 7.70. The number of benzene rings is 1. The fourth-order valence-electron chi connectivity index (χ4n) is 3.36. The Kier molecular flexibility index (Phi) is 6.07. The van der Waals surface area contributed by atoms with Gasteiger partial charge in [0.15, 0.2) is 5.96 Å². The fraction of sp³-hybridized carbons (Fsp3) is 0.455. The molecule has 1 aliphatic heterocycles. The number of hydrogen-bond acceptors (Lipinski definition) is 4. The van der Waals surface area contributed by atoms with Gasteiger partial charge < -0.3 is 20.3 Å². The molecule has 2 N–H and O–H groups in total. The highest BCUT2D eigenvalue weighted by atomic mass is 16.5. The predicted molar refractivity (Wildman–Crippen MR) is 115 cm³/mol. The summed E-state index contributed by atoms with van der Waals surface area (Å²) in [5, 5.41) is 6.96. The average Bonchev–Trinajstić information content (AvgIpc) is 2.65. The van der Waals surface area contributed by atoms with Crippen molar-refractivity contribution in [3.8, 4) is 5.75 Å². The van der Waals surface area contributed by atoms with E-state index in [0.29, 0.717) is 6.54 Å². The van der Waals surface area contributed by atoms with E-state index in [2.05, 4.69) is 54.6 Å². The summed E-state index contributed by atoms with van der Waals surface area (Å²) >= 11 is 0. The van der Waals surface area contributed by atoms with E-state index in [1.165, 1.54) is 5.56 Å². The van der Waals surface area contributed by atoms with E-state index in [-0.39, 0.29) is 11.6 Å². The van der Waals surface area contributed by atoms with Crippen LogP contribution in [0, 0.1) is 0 Å². The van der Waals surface area contributed by atoms with Crippen LogP contribution < -0.4 is 20.3 Å². The molecule has 1 aliphatic rings. The lowest BCUT2D eigenvalue weighted by Gasteiger charge is -2.38. The van der Waals surface area contributed by atoms with Gasteiger partial charge in [0, 0.05) is 38.8 Å². The smallest absolute Gasteiger partial charge is 0.192 e. The number of hydrogen-bond donors (Lipinski definition) is 2. The highest BCUT2D eigenvalue weighted by molar-refractivity contribution is 5.80. The molecule has 0 saturated carbocycles. The van der Waals surface area contributed by atoms with Gasteiger partial charge in [-0.2, -0.15) is 0 Å². The number of aliphatic imine (C=N–C) groups is 1. The van der Waals surface area contributed by atoms with Gasteiger partial charge in [0.05, 0.1) is 12.6 Å². The Hall–Kier alpha value is -2.76. The molecule has 0 saturated heterocycles. The molecular formula is C22H31N5O. The Morgan fingerprint density at radius 1 is 1.25 bits per heavy atom. The summed E-state index contributed by atoms with van der Waals surface area (Å²) in [5.74, 6) is 2.69. The van der Waals surface area contributed by atoms with E-state index in [0.717, 1.165) is 36.1 Å². The van der Waals surface area contributed by atoms with Crippen LogP contribution in [-0.4, -0.2) is 37.2 Å². The van der Waals surface area contributed by atoms with Crippen molar-refractivity contribution in [2.75, 3.05) is 25.5 Å². The van der Waals surface area contributed by atoms with E-state index in [4.69, 9.17) is 9.73 Å². The van der Waals surface area contributed by atoms with E-state index in [9.17, 15) is 0 Å². The Morgan fingerprint density at radius 2 is 2.04 bits per heavy atom. The molecular weight excluding hydrogens is 350 g/mol. The minimum absolute atomic E-state index is 0.145. The molecule has 0 aliphatic carbocycles. The third-order valence-corrected chi connectivity index (χ3v) is 4.72. The van der Waals surface area contributed by atoms with Crippen LogP contribution in [0.4, 0.5) is 5.82 Å². The molecule has 0 spiro atoms. The van der Waals surface area contributed by atoms with Gasteiger partial charge in [-0.1, -0.05) is 24.3 Å². The van der Waals surface area contributed by atoms with E-state index >= 15 is 0 Å². The van der Waals surface area contributed by atoms with Crippen molar-refractivity contribution in [1.82, 2.24) is 15.6 Å². The molecule has 1 aromatic heterocycles. The van der Waals surface area contributed by atoms with Crippen molar-refractivity contribution in [3.63, 3.8) is 0 Å². The number of nitrogens with zero attached hydrogens (tertiary/aromatic N) is 3. The van der Waals surface area contributed by atoms with Crippen LogP contribution >= 0.6 is 0 Å². The Labute approximate surface area is 168 Å². The molecule has 2 heterocycles. The van der Waals surface area contributed by atoms with Crippen LogP contribution in [0.25, 0.3) is 0 Å². The number of ether oxygens (including phenoxy) is 1. The number of fused-ring (bicyclic) bond motifs is 1. The second-order valence-electron chi connectivity index (χ2n) is 7.91. The van der Waals surface area contributed by atoms with Crippen molar-refractivity contribution in [2.24, 2.45) is 4.99 Å². The van der Waals surface area contributed by atoms with Gasteiger partial charge in [0.25, 0.3) is 0 Å². The Bertz CT molecular complexity index is 814. The third kappa shape index (κ3) is 4.94. The molecule has 0 bridgehead atoms. The van der Waals surface area contributed by atoms with E-state index in [1.54, 1.807) is 0 Å². The van der Waals surface area contributed by atoms with Crippen molar-refractivity contribution < 1.29 is 4.74 Å². The second-order valence-corrected chi connectivity index (χ2v) is 7.91. The molecule has 28 heavy (non-hydrogen) atoms. The van der Waals surface area contributed by atoms with Gasteiger partial charge in [-0.05, 0) is 38.5 Å². The zero-order valence-electron chi connectivity index (χ0n) is 17.5. The SMILES string of the molecule is CCNC(=NCc1ccc(N(C)C)nc1)NC1CC(C)(C)Oc2ccccc21. The number of guanidine groups is 1. The zero-order valence-corrected chi connectivity index (χ0v) is 17.5. The number of pyridine rings is 1. The minimum atomic E-state index is -0.227. The molecule has 0 fully saturated rings. The maximum absolute atomic E-state index is 6.14. The average molecular weight is 382 g/mol. The van der Waals surface area contributed by atoms with Crippen molar-refractivity contribution in [3.05, 3.63) is 53.7 Å². The van der Waals surface area contributed by atoms with Crippen LogP contribution in [0.15, 0.2) is 47.6 Å². The summed E-state index contributed by atoms with van der Waals surface area (Å²) in [6.07, 6.45) is 2.75. The highest BCUT2D eigenvalue weighted by Crippen LogP contribution is 2.39. The maximum Gasteiger partial charge on any atom is 0.192 e. The first-order valence-corrected chi connectivity index (χ1v) is 9.83. The lowest BCUT2D eigenvalue weighted by molar-refractivity contribution is 0.0694. The van der Waals surface area contributed by atoms with Gasteiger partial charge in [-0.15, -0.1) is 0 Å². The van der Waals surface area contributed by atoms with Gasteiger partial charge in [-0.3, -0.25) is 0 Å². The van der Waals surface area contributed by atoms with Crippen molar-refractivity contribution in [1.29, 1.82) is 0 Å². The van der Waals surface area contributed by atoms with Crippen LogP contribution in [0.1, 0.15) is 44.4 Å². The van der Waals surface area contributed by atoms with E-state index < -0.39 is 0 Å². The van der Waals surface area contributed by atoms with Crippen LogP contribution in [0.5, 0.6) is 5.75 Å². The largest absolute Gasteiger partial charge is 0.487 e. The number of rotatable bonds is 5. The number of aromatic nitrogens is 1. The lowest BCUT2D eigenvalue weighted by atomic mass is 9.90. The van der Waals surface area contributed by atoms with Crippen molar-refractivity contribution >= 4 is 11.8 Å². The molecule has 150 valence electrons. The number of para-hydroxylation sites is 1. The molecule has 0 radical (unpaired) electrons. The lowest BCUT2D eigenvalue weighted by Crippen LogP contribution is -2.45. The van der Waals surface area contributed by atoms with Crippen molar-refractivity contribution in [2.45, 2.75) is 45.4 Å². The molecule has 6 nitrogen and oxygen atoms in total.